The Morgan fingerprint density at radius 2 is 2.00 bits per heavy atom. The van der Waals surface area contributed by atoms with E-state index in [4.69, 9.17) is 5.11 Å². The summed E-state index contributed by atoms with van der Waals surface area (Å²) < 4.78 is 0. The predicted octanol–water partition coefficient (Wildman–Crippen LogP) is 2.67. The Bertz CT molecular complexity index is 501. The van der Waals surface area contributed by atoms with Crippen LogP contribution in [0, 0.1) is 0 Å². The summed E-state index contributed by atoms with van der Waals surface area (Å²) >= 11 is 1.91. The van der Waals surface area contributed by atoms with Crippen molar-refractivity contribution in [2.45, 2.75) is 32.2 Å². The number of carboxylic acids is 1. The summed E-state index contributed by atoms with van der Waals surface area (Å²) in [7, 11) is 0. The van der Waals surface area contributed by atoms with E-state index in [-0.39, 0.29) is 11.5 Å². The highest BCUT2D eigenvalue weighted by Gasteiger charge is 2.21. The van der Waals surface area contributed by atoms with E-state index in [1.54, 1.807) is 24.3 Å². The first-order chi connectivity index (χ1) is 10.1. The van der Waals surface area contributed by atoms with Crippen LogP contribution in [-0.2, 0) is 11.2 Å². The second-order valence-electron chi connectivity index (χ2n) is 5.34. The molecule has 1 atom stereocenters. The number of nitrogens with zero attached hydrogens (tertiary/aromatic N) is 1. The Kier molecular flexibility index (Phi) is 5.67. The monoisotopic (exact) mass is 307 g/mol. The number of carbonyl (C=O) groups excluding carboxylic acids is 1. The Morgan fingerprint density at radius 3 is 2.67 bits per heavy atom. The van der Waals surface area contributed by atoms with Crippen LogP contribution in [0.2, 0.25) is 0 Å². The molecule has 1 aliphatic heterocycles. The Hall–Kier alpha value is -1.49. The van der Waals surface area contributed by atoms with E-state index in [1.165, 1.54) is 0 Å². The minimum Gasteiger partial charge on any atom is -0.478 e. The van der Waals surface area contributed by atoms with Gasteiger partial charge in [0.15, 0.2) is 0 Å². The summed E-state index contributed by atoms with van der Waals surface area (Å²) in [6.45, 7) is 2.95. The molecule has 1 amide bonds. The van der Waals surface area contributed by atoms with E-state index >= 15 is 0 Å². The molecule has 4 nitrogen and oxygen atoms in total. The van der Waals surface area contributed by atoms with Gasteiger partial charge in [0, 0.05) is 24.8 Å². The third-order valence-corrected chi connectivity index (χ3v) is 4.83. The van der Waals surface area contributed by atoms with Gasteiger partial charge in [0.1, 0.15) is 0 Å². The quantitative estimate of drug-likeness (QED) is 0.929. The first kappa shape index (κ1) is 15.9. The fourth-order valence-corrected chi connectivity index (χ4v) is 3.51. The topological polar surface area (TPSA) is 57.6 Å². The van der Waals surface area contributed by atoms with Crippen molar-refractivity contribution in [2.75, 3.05) is 18.1 Å². The molecule has 1 aliphatic rings. The number of benzene rings is 1. The molecule has 0 spiro atoms. The van der Waals surface area contributed by atoms with Crippen LogP contribution in [0.4, 0.5) is 0 Å². The van der Waals surface area contributed by atoms with Crippen molar-refractivity contribution in [3.8, 4) is 0 Å². The second kappa shape index (κ2) is 7.50. The summed E-state index contributed by atoms with van der Waals surface area (Å²) in [4.78, 5) is 25.1. The van der Waals surface area contributed by atoms with Gasteiger partial charge in [-0.15, -0.1) is 0 Å². The molecule has 1 N–H and O–H groups in total. The van der Waals surface area contributed by atoms with Crippen molar-refractivity contribution < 1.29 is 14.7 Å². The highest BCUT2D eigenvalue weighted by atomic mass is 32.2. The molecule has 1 unspecified atom stereocenters. The first-order valence-electron chi connectivity index (χ1n) is 7.27. The Labute approximate surface area is 129 Å². The molecular weight excluding hydrogens is 286 g/mol. The normalized spacial score (nSPS) is 19.1. The molecule has 1 aromatic carbocycles. The zero-order valence-electron chi connectivity index (χ0n) is 12.2. The molecular formula is C16H21NO3S. The van der Waals surface area contributed by atoms with Crippen molar-refractivity contribution >= 4 is 23.6 Å². The molecule has 0 aromatic heterocycles. The van der Waals surface area contributed by atoms with Crippen LogP contribution < -0.4 is 0 Å². The maximum Gasteiger partial charge on any atom is 0.335 e. The van der Waals surface area contributed by atoms with Crippen LogP contribution in [-0.4, -0.2) is 46.0 Å². The highest BCUT2D eigenvalue weighted by molar-refractivity contribution is 7.99. The van der Waals surface area contributed by atoms with Gasteiger partial charge in [0.2, 0.25) is 5.91 Å². The molecule has 1 heterocycles. The minimum absolute atomic E-state index is 0.201. The molecule has 1 fully saturated rings. The van der Waals surface area contributed by atoms with E-state index in [9.17, 15) is 9.59 Å². The van der Waals surface area contributed by atoms with Crippen LogP contribution in [0.15, 0.2) is 24.3 Å². The maximum atomic E-state index is 12.3. The maximum absolute atomic E-state index is 12.3. The number of amides is 1. The summed E-state index contributed by atoms with van der Waals surface area (Å²) in [5.74, 6) is 1.42. The fraction of sp³-hybridized carbons (Fsp3) is 0.500. The average molecular weight is 307 g/mol. The van der Waals surface area contributed by atoms with Crippen LogP contribution in [0.5, 0.6) is 0 Å². The SMILES string of the molecule is CC1CCSCCN1C(=O)CCc1ccc(C(=O)O)cc1. The lowest BCUT2D eigenvalue weighted by molar-refractivity contribution is -0.132. The number of carboxylic acid groups (broad SMARTS) is 1. The number of aromatic carboxylic acids is 1. The Morgan fingerprint density at radius 1 is 1.29 bits per heavy atom. The highest BCUT2D eigenvalue weighted by Crippen LogP contribution is 2.17. The second-order valence-corrected chi connectivity index (χ2v) is 6.56. The number of thioether (sulfide) groups is 1. The van der Waals surface area contributed by atoms with E-state index in [0.29, 0.717) is 18.9 Å². The van der Waals surface area contributed by atoms with Gasteiger partial charge in [-0.2, -0.15) is 11.8 Å². The average Bonchev–Trinajstić information content (AvgIpc) is 2.70. The molecule has 2 rings (SSSR count). The number of hydrogen-bond donors (Lipinski definition) is 1. The zero-order chi connectivity index (χ0) is 15.2. The van der Waals surface area contributed by atoms with Gasteiger partial charge in [-0.3, -0.25) is 4.79 Å². The van der Waals surface area contributed by atoms with Crippen molar-refractivity contribution in [1.29, 1.82) is 0 Å². The predicted molar refractivity (Wildman–Crippen MR) is 84.8 cm³/mol. The molecule has 0 radical (unpaired) electrons. The van der Waals surface area contributed by atoms with Gasteiger partial charge >= 0.3 is 5.97 Å². The van der Waals surface area contributed by atoms with Crippen molar-refractivity contribution in [1.82, 2.24) is 4.90 Å². The van der Waals surface area contributed by atoms with Crippen molar-refractivity contribution in [2.24, 2.45) is 0 Å². The number of rotatable bonds is 4. The molecule has 114 valence electrons. The van der Waals surface area contributed by atoms with Gasteiger partial charge in [-0.25, -0.2) is 4.79 Å². The van der Waals surface area contributed by atoms with E-state index < -0.39 is 5.97 Å². The van der Waals surface area contributed by atoms with Gasteiger partial charge in [-0.05, 0) is 43.2 Å². The molecule has 0 saturated carbocycles. The van der Waals surface area contributed by atoms with Crippen molar-refractivity contribution in [3.05, 3.63) is 35.4 Å². The largest absolute Gasteiger partial charge is 0.478 e. The lowest BCUT2D eigenvalue weighted by Crippen LogP contribution is -2.39. The third kappa shape index (κ3) is 4.49. The van der Waals surface area contributed by atoms with E-state index in [1.807, 2.05) is 16.7 Å². The van der Waals surface area contributed by atoms with E-state index in [0.717, 1.165) is 30.0 Å². The molecule has 5 heteroatoms. The fourth-order valence-electron chi connectivity index (χ4n) is 2.47. The van der Waals surface area contributed by atoms with Gasteiger partial charge in [0.05, 0.1) is 5.56 Å². The minimum atomic E-state index is -0.923. The standard InChI is InChI=1S/C16H21NO3S/c1-12-8-10-21-11-9-17(12)15(18)7-4-13-2-5-14(6-3-13)16(19)20/h2-3,5-6,12H,4,7-11H2,1H3,(H,19,20). The van der Waals surface area contributed by atoms with Gasteiger partial charge in [0.25, 0.3) is 0 Å². The van der Waals surface area contributed by atoms with Crippen LogP contribution in [0.3, 0.4) is 0 Å². The lowest BCUT2D eigenvalue weighted by Gasteiger charge is -2.27. The summed E-state index contributed by atoms with van der Waals surface area (Å²) in [6, 6.07) is 7.08. The molecule has 21 heavy (non-hydrogen) atoms. The molecule has 1 aromatic rings. The number of carbonyl (C=O) groups is 2. The third-order valence-electron chi connectivity index (χ3n) is 3.84. The summed E-state index contributed by atoms with van der Waals surface area (Å²) in [5.41, 5.74) is 1.29. The lowest BCUT2D eigenvalue weighted by atomic mass is 10.1. The van der Waals surface area contributed by atoms with Crippen LogP contribution >= 0.6 is 11.8 Å². The van der Waals surface area contributed by atoms with Crippen LogP contribution in [0.25, 0.3) is 0 Å². The van der Waals surface area contributed by atoms with E-state index in [2.05, 4.69) is 6.92 Å². The summed E-state index contributed by atoms with van der Waals surface area (Å²) in [5, 5.41) is 8.86. The smallest absolute Gasteiger partial charge is 0.335 e. The number of aryl methyl sites for hydroxylation is 1. The van der Waals surface area contributed by atoms with Crippen molar-refractivity contribution in [3.63, 3.8) is 0 Å². The first-order valence-corrected chi connectivity index (χ1v) is 8.43. The summed E-state index contributed by atoms with van der Waals surface area (Å²) in [6.07, 6.45) is 2.21. The Balaban J connectivity index is 1.89. The number of hydrogen-bond acceptors (Lipinski definition) is 3. The molecule has 0 bridgehead atoms. The molecule has 0 aliphatic carbocycles. The zero-order valence-corrected chi connectivity index (χ0v) is 13.1. The van der Waals surface area contributed by atoms with Gasteiger partial charge in [-0.1, -0.05) is 12.1 Å². The van der Waals surface area contributed by atoms with Gasteiger partial charge < -0.3 is 10.0 Å². The van der Waals surface area contributed by atoms with Crippen LogP contribution in [0.1, 0.15) is 35.7 Å². The molecule has 1 saturated heterocycles.